The molecule has 0 aromatic heterocycles. The lowest BCUT2D eigenvalue weighted by molar-refractivity contribution is 0.866. The lowest BCUT2D eigenvalue weighted by Crippen LogP contribution is -2.22. The Balaban J connectivity index is 2.53. The van der Waals surface area contributed by atoms with Gasteiger partial charge < -0.3 is 4.90 Å². The smallest absolute Gasteiger partial charge is 0.0448 e. The van der Waals surface area contributed by atoms with Gasteiger partial charge in [0.1, 0.15) is 0 Å². The van der Waals surface area contributed by atoms with Gasteiger partial charge in [0.2, 0.25) is 0 Å². The van der Waals surface area contributed by atoms with Crippen LogP contribution in [0.3, 0.4) is 0 Å². The van der Waals surface area contributed by atoms with Gasteiger partial charge in [-0.3, -0.25) is 0 Å². The van der Waals surface area contributed by atoms with Gasteiger partial charge in [0.15, 0.2) is 0 Å². The SMILES string of the molecule is [CH2]Cc1ccc(-c2ccc(Cl)cc2)c(N(CC)CC)c1. The van der Waals surface area contributed by atoms with E-state index in [1.54, 1.807) is 0 Å². The van der Waals surface area contributed by atoms with Crippen LogP contribution in [0, 0.1) is 6.92 Å². The molecule has 0 unspecified atom stereocenters. The summed E-state index contributed by atoms with van der Waals surface area (Å²) in [6.07, 6.45) is 0.815. The summed E-state index contributed by atoms with van der Waals surface area (Å²) in [6, 6.07) is 14.6. The predicted molar refractivity (Wildman–Crippen MR) is 89.5 cm³/mol. The molecule has 0 amide bonds. The van der Waals surface area contributed by atoms with Crippen LogP contribution in [0.2, 0.25) is 5.02 Å². The molecule has 0 aliphatic rings. The molecule has 0 bridgehead atoms. The van der Waals surface area contributed by atoms with Gasteiger partial charge in [-0.2, -0.15) is 0 Å². The maximum Gasteiger partial charge on any atom is 0.0448 e. The second-order valence-electron chi connectivity index (χ2n) is 4.78. The van der Waals surface area contributed by atoms with Crippen molar-refractivity contribution in [1.82, 2.24) is 0 Å². The fourth-order valence-electron chi connectivity index (χ4n) is 2.43. The van der Waals surface area contributed by atoms with Crippen molar-refractivity contribution in [1.29, 1.82) is 0 Å². The Bertz CT molecular complexity index is 556. The Kier molecular flexibility index (Phi) is 5.08. The minimum Gasteiger partial charge on any atom is -0.372 e. The lowest BCUT2D eigenvalue weighted by Gasteiger charge is -2.25. The van der Waals surface area contributed by atoms with Gasteiger partial charge in [-0.05, 0) is 56.5 Å². The monoisotopic (exact) mass is 286 g/mol. The van der Waals surface area contributed by atoms with Gasteiger partial charge >= 0.3 is 0 Å². The van der Waals surface area contributed by atoms with E-state index >= 15 is 0 Å². The first-order chi connectivity index (χ1) is 9.69. The van der Waals surface area contributed by atoms with E-state index in [4.69, 9.17) is 11.6 Å². The molecule has 0 aliphatic carbocycles. The number of hydrogen-bond acceptors (Lipinski definition) is 1. The van der Waals surface area contributed by atoms with Crippen LogP contribution in [0.1, 0.15) is 19.4 Å². The van der Waals surface area contributed by atoms with E-state index < -0.39 is 0 Å². The van der Waals surface area contributed by atoms with Gasteiger partial charge in [0.25, 0.3) is 0 Å². The first-order valence-corrected chi connectivity index (χ1v) is 7.50. The van der Waals surface area contributed by atoms with Crippen LogP contribution in [0.5, 0.6) is 0 Å². The minimum atomic E-state index is 0.771. The second-order valence-corrected chi connectivity index (χ2v) is 5.22. The first-order valence-electron chi connectivity index (χ1n) is 7.12. The number of halogens is 1. The van der Waals surface area contributed by atoms with E-state index in [9.17, 15) is 0 Å². The molecule has 2 aromatic carbocycles. The van der Waals surface area contributed by atoms with Crippen molar-refractivity contribution in [2.75, 3.05) is 18.0 Å². The third-order valence-corrected chi connectivity index (χ3v) is 3.86. The van der Waals surface area contributed by atoms with Crippen molar-refractivity contribution in [3.8, 4) is 11.1 Å². The highest BCUT2D eigenvalue weighted by Crippen LogP contribution is 2.32. The van der Waals surface area contributed by atoms with Crippen molar-refractivity contribution in [3.05, 3.63) is 60.0 Å². The molecule has 20 heavy (non-hydrogen) atoms. The standard InChI is InChI=1S/C18H21ClN/c1-4-14-7-12-17(15-8-10-16(19)11-9-15)18(13-14)20(5-2)6-3/h7-13H,1,4-6H2,2-3H3. The van der Waals surface area contributed by atoms with Crippen LogP contribution in [0.4, 0.5) is 5.69 Å². The van der Waals surface area contributed by atoms with Crippen molar-refractivity contribution in [2.45, 2.75) is 20.3 Å². The van der Waals surface area contributed by atoms with Crippen LogP contribution in [0.15, 0.2) is 42.5 Å². The molecule has 1 nitrogen and oxygen atoms in total. The average molecular weight is 287 g/mol. The maximum absolute atomic E-state index is 5.99. The zero-order valence-corrected chi connectivity index (χ0v) is 13.0. The first kappa shape index (κ1) is 14.9. The summed E-state index contributed by atoms with van der Waals surface area (Å²) in [5, 5.41) is 0.771. The number of benzene rings is 2. The Morgan fingerprint density at radius 2 is 1.65 bits per heavy atom. The van der Waals surface area contributed by atoms with Crippen LogP contribution < -0.4 is 4.90 Å². The summed E-state index contributed by atoms with van der Waals surface area (Å²) in [4.78, 5) is 2.38. The Morgan fingerprint density at radius 3 is 2.20 bits per heavy atom. The maximum atomic E-state index is 5.99. The highest BCUT2D eigenvalue weighted by molar-refractivity contribution is 6.30. The third-order valence-electron chi connectivity index (χ3n) is 3.61. The van der Waals surface area contributed by atoms with E-state index in [0.717, 1.165) is 24.5 Å². The zero-order chi connectivity index (χ0) is 14.5. The summed E-state index contributed by atoms with van der Waals surface area (Å²) in [5.41, 5.74) is 5.00. The molecule has 2 heteroatoms. The molecule has 0 N–H and O–H groups in total. The van der Waals surface area contributed by atoms with Crippen LogP contribution in [-0.4, -0.2) is 13.1 Å². The third kappa shape index (κ3) is 3.16. The van der Waals surface area contributed by atoms with Gasteiger partial charge in [-0.25, -0.2) is 0 Å². The van der Waals surface area contributed by atoms with Gasteiger partial charge in [-0.1, -0.05) is 35.9 Å². The van der Waals surface area contributed by atoms with E-state index in [0.29, 0.717) is 0 Å². The van der Waals surface area contributed by atoms with E-state index in [1.165, 1.54) is 22.4 Å². The molecule has 0 atom stereocenters. The molecular formula is C18H21ClN. The Labute approximate surface area is 127 Å². The highest BCUT2D eigenvalue weighted by atomic mass is 35.5. The molecule has 2 aromatic rings. The van der Waals surface area contributed by atoms with E-state index in [-0.39, 0.29) is 0 Å². The largest absolute Gasteiger partial charge is 0.372 e. The lowest BCUT2D eigenvalue weighted by atomic mass is 9.99. The number of nitrogens with zero attached hydrogens (tertiary/aromatic N) is 1. The normalized spacial score (nSPS) is 10.6. The van der Waals surface area contributed by atoms with Gasteiger partial charge in [0, 0.05) is 29.4 Å². The summed E-state index contributed by atoms with van der Waals surface area (Å²) in [7, 11) is 0. The zero-order valence-electron chi connectivity index (χ0n) is 12.2. The van der Waals surface area contributed by atoms with Crippen molar-refractivity contribution >= 4 is 17.3 Å². The predicted octanol–water partition coefficient (Wildman–Crippen LogP) is 5.23. The fourth-order valence-corrected chi connectivity index (χ4v) is 2.56. The molecule has 0 saturated carbocycles. The summed E-state index contributed by atoms with van der Waals surface area (Å²) in [5.74, 6) is 0. The Hall–Kier alpha value is -1.47. The molecule has 2 rings (SSSR count). The second kappa shape index (κ2) is 6.81. The molecule has 0 saturated heterocycles. The van der Waals surface area contributed by atoms with Crippen molar-refractivity contribution in [3.63, 3.8) is 0 Å². The fraction of sp³-hybridized carbons (Fsp3) is 0.278. The Morgan fingerprint density at radius 1 is 1.00 bits per heavy atom. The average Bonchev–Trinajstić information content (AvgIpc) is 2.49. The summed E-state index contributed by atoms with van der Waals surface area (Å²) < 4.78 is 0. The minimum absolute atomic E-state index is 0.771. The molecule has 0 heterocycles. The van der Waals surface area contributed by atoms with E-state index in [2.05, 4.69) is 56.0 Å². The van der Waals surface area contributed by atoms with Crippen LogP contribution >= 0.6 is 11.6 Å². The van der Waals surface area contributed by atoms with Crippen molar-refractivity contribution in [2.24, 2.45) is 0 Å². The van der Waals surface area contributed by atoms with Gasteiger partial charge in [-0.15, -0.1) is 0 Å². The van der Waals surface area contributed by atoms with Crippen LogP contribution in [-0.2, 0) is 6.42 Å². The molecular weight excluding hydrogens is 266 g/mol. The molecule has 1 radical (unpaired) electrons. The molecule has 0 fully saturated rings. The summed E-state index contributed by atoms with van der Waals surface area (Å²) in [6.45, 7) is 10.4. The number of hydrogen-bond donors (Lipinski definition) is 0. The summed E-state index contributed by atoms with van der Waals surface area (Å²) >= 11 is 5.99. The number of anilines is 1. The topological polar surface area (TPSA) is 3.24 Å². The number of rotatable bonds is 5. The molecule has 0 spiro atoms. The van der Waals surface area contributed by atoms with Crippen molar-refractivity contribution < 1.29 is 0 Å². The quantitative estimate of drug-likeness (QED) is 0.727. The molecule has 0 aliphatic heterocycles. The van der Waals surface area contributed by atoms with E-state index in [1.807, 2.05) is 12.1 Å². The highest BCUT2D eigenvalue weighted by Gasteiger charge is 2.11. The van der Waals surface area contributed by atoms with Crippen LogP contribution in [0.25, 0.3) is 11.1 Å². The molecule has 105 valence electrons. The van der Waals surface area contributed by atoms with Gasteiger partial charge in [0.05, 0.1) is 0 Å².